The molecule has 5 heteroatoms. The van der Waals surface area contributed by atoms with Gasteiger partial charge in [0, 0.05) is 25.2 Å². The van der Waals surface area contributed by atoms with Crippen LogP contribution in [0.5, 0.6) is 0 Å². The van der Waals surface area contributed by atoms with Crippen molar-refractivity contribution < 1.29 is 13.5 Å². The van der Waals surface area contributed by atoms with Gasteiger partial charge in [-0.1, -0.05) is 6.07 Å². The molecule has 0 aliphatic carbocycles. The number of morpholine rings is 1. The van der Waals surface area contributed by atoms with Crippen LogP contribution in [0.15, 0.2) is 18.2 Å². The number of hydrogen-bond donors (Lipinski definition) is 1. The van der Waals surface area contributed by atoms with Gasteiger partial charge in [0.25, 0.3) is 0 Å². The molecule has 1 unspecified atom stereocenters. The first-order valence-electron chi connectivity index (χ1n) is 6.52. The summed E-state index contributed by atoms with van der Waals surface area (Å²) in [6.45, 7) is 5.53. The Hall–Kier alpha value is -1.04. The molecule has 1 aliphatic heterocycles. The van der Waals surface area contributed by atoms with Gasteiger partial charge in [0.05, 0.1) is 13.2 Å². The lowest BCUT2D eigenvalue weighted by molar-refractivity contribution is -0.0132. The van der Waals surface area contributed by atoms with E-state index in [1.54, 1.807) is 6.07 Å². The second kappa shape index (κ2) is 5.94. The zero-order chi connectivity index (χ0) is 13.9. The van der Waals surface area contributed by atoms with Crippen molar-refractivity contribution in [3.8, 4) is 0 Å². The molecule has 0 saturated carbocycles. The van der Waals surface area contributed by atoms with Gasteiger partial charge < -0.3 is 10.5 Å². The maximum absolute atomic E-state index is 13.3. The first-order chi connectivity index (χ1) is 9.05. The molecule has 1 fully saturated rings. The standard InChI is InChI=1S/C14H20F2N2O/c1-14(10-17,18-4-6-19-7-5-18)9-11-2-3-12(15)13(16)8-11/h2-3,8H,4-7,9-10,17H2,1H3. The number of nitrogens with two attached hydrogens (primary N) is 1. The van der Waals surface area contributed by atoms with E-state index in [0.717, 1.165) is 18.7 Å². The van der Waals surface area contributed by atoms with Gasteiger partial charge in [0.1, 0.15) is 0 Å². The summed E-state index contributed by atoms with van der Waals surface area (Å²) in [7, 11) is 0. The van der Waals surface area contributed by atoms with Crippen molar-refractivity contribution in [2.75, 3.05) is 32.8 Å². The molecule has 0 radical (unpaired) electrons. The topological polar surface area (TPSA) is 38.5 Å². The molecular formula is C14H20F2N2O. The summed E-state index contributed by atoms with van der Waals surface area (Å²) < 4.78 is 31.5. The highest BCUT2D eigenvalue weighted by molar-refractivity contribution is 5.20. The van der Waals surface area contributed by atoms with Crippen LogP contribution in [0.25, 0.3) is 0 Å². The van der Waals surface area contributed by atoms with Crippen LogP contribution in [0.4, 0.5) is 8.78 Å². The third-order valence-corrected chi connectivity index (χ3v) is 3.78. The number of hydrogen-bond acceptors (Lipinski definition) is 3. The average molecular weight is 270 g/mol. The van der Waals surface area contributed by atoms with Gasteiger partial charge in [0.15, 0.2) is 11.6 Å². The van der Waals surface area contributed by atoms with E-state index in [0.29, 0.717) is 26.2 Å². The molecule has 0 aromatic heterocycles. The molecule has 1 aromatic carbocycles. The quantitative estimate of drug-likeness (QED) is 0.902. The van der Waals surface area contributed by atoms with Crippen LogP contribution in [0.1, 0.15) is 12.5 Å². The van der Waals surface area contributed by atoms with E-state index in [2.05, 4.69) is 11.8 Å². The Balaban J connectivity index is 2.14. The van der Waals surface area contributed by atoms with Crippen LogP contribution in [0, 0.1) is 11.6 Å². The van der Waals surface area contributed by atoms with E-state index < -0.39 is 11.6 Å². The van der Waals surface area contributed by atoms with Crippen LogP contribution in [0.3, 0.4) is 0 Å². The van der Waals surface area contributed by atoms with Crippen molar-refractivity contribution in [2.24, 2.45) is 5.73 Å². The molecule has 1 heterocycles. The van der Waals surface area contributed by atoms with Gasteiger partial charge in [-0.15, -0.1) is 0 Å². The molecule has 19 heavy (non-hydrogen) atoms. The van der Waals surface area contributed by atoms with Crippen LogP contribution < -0.4 is 5.73 Å². The molecule has 2 rings (SSSR count). The van der Waals surface area contributed by atoms with Crippen molar-refractivity contribution in [1.82, 2.24) is 4.90 Å². The summed E-state index contributed by atoms with van der Waals surface area (Å²) in [5.74, 6) is -1.62. The number of nitrogens with zero attached hydrogens (tertiary/aromatic N) is 1. The van der Waals surface area contributed by atoms with Gasteiger partial charge >= 0.3 is 0 Å². The minimum atomic E-state index is -0.815. The molecule has 1 aliphatic rings. The molecule has 0 amide bonds. The van der Waals surface area contributed by atoms with Crippen molar-refractivity contribution in [3.05, 3.63) is 35.4 Å². The SMILES string of the molecule is CC(CN)(Cc1ccc(F)c(F)c1)N1CCOCC1. The van der Waals surface area contributed by atoms with E-state index in [9.17, 15) is 8.78 Å². The maximum atomic E-state index is 13.3. The Labute approximate surface area is 112 Å². The van der Waals surface area contributed by atoms with E-state index >= 15 is 0 Å². The Bertz CT molecular complexity index is 435. The molecule has 3 nitrogen and oxygen atoms in total. The molecule has 0 spiro atoms. The second-order valence-corrected chi connectivity index (χ2v) is 5.23. The molecule has 0 bridgehead atoms. The average Bonchev–Trinajstić information content (AvgIpc) is 2.44. The molecule has 106 valence electrons. The van der Waals surface area contributed by atoms with Crippen LogP contribution in [0.2, 0.25) is 0 Å². The Morgan fingerprint density at radius 2 is 1.95 bits per heavy atom. The van der Waals surface area contributed by atoms with Crippen molar-refractivity contribution in [1.29, 1.82) is 0 Å². The van der Waals surface area contributed by atoms with Crippen LogP contribution in [-0.4, -0.2) is 43.3 Å². The van der Waals surface area contributed by atoms with Gasteiger partial charge in [-0.2, -0.15) is 0 Å². The monoisotopic (exact) mass is 270 g/mol. The van der Waals surface area contributed by atoms with E-state index in [1.165, 1.54) is 12.1 Å². The highest BCUT2D eigenvalue weighted by Crippen LogP contribution is 2.22. The van der Waals surface area contributed by atoms with Crippen molar-refractivity contribution >= 4 is 0 Å². The Morgan fingerprint density at radius 3 is 2.53 bits per heavy atom. The van der Waals surface area contributed by atoms with Crippen LogP contribution >= 0.6 is 0 Å². The van der Waals surface area contributed by atoms with Crippen molar-refractivity contribution in [3.63, 3.8) is 0 Å². The summed E-state index contributed by atoms with van der Waals surface area (Å²) in [5, 5.41) is 0. The number of benzene rings is 1. The highest BCUT2D eigenvalue weighted by atomic mass is 19.2. The molecule has 2 N–H and O–H groups in total. The zero-order valence-electron chi connectivity index (χ0n) is 11.2. The first kappa shape index (κ1) is 14.4. The minimum Gasteiger partial charge on any atom is -0.379 e. The molecular weight excluding hydrogens is 250 g/mol. The fourth-order valence-electron chi connectivity index (χ4n) is 2.51. The van der Waals surface area contributed by atoms with Crippen molar-refractivity contribution in [2.45, 2.75) is 18.9 Å². The third kappa shape index (κ3) is 3.29. The predicted octanol–water partition coefficient (Wildman–Crippen LogP) is 1.56. The molecule has 1 atom stereocenters. The normalized spacial score (nSPS) is 20.2. The molecule has 1 aromatic rings. The lowest BCUT2D eigenvalue weighted by Gasteiger charge is -2.42. The van der Waals surface area contributed by atoms with E-state index in [4.69, 9.17) is 10.5 Å². The zero-order valence-corrected chi connectivity index (χ0v) is 11.2. The van der Waals surface area contributed by atoms with Gasteiger partial charge in [-0.25, -0.2) is 8.78 Å². The smallest absolute Gasteiger partial charge is 0.159 e. The van der Waals surface area contributed by atoms with Gasteiger partial charge in [-0.3, -0.25) is 4.90 Å². The second-order valence-electron chi connectivity index (χ2n) is 5.23. The Morgan fingerprint density at radius 1 is 1.26 bits per heavy atom. The summed E-state index contributed by atoms with van der Waals surface area (Å²) >= 11 is 0. The summed E-state index contributed by atoms with van der Waals surface area (Å²) in [6, 6.07) is 4.04. The van der Waals surface area contributed by atoms with Crippen LogP contribution in [-0.2, 0) is 11.2 Å². The van der Waals surface area contributed by atoms with E-state index in [-0.39, 0.29) is 5.54 Å². The molecule has 1 saturated heterocycles. The predicted molar refractivity (Wildman–Crippen MR) is 69.9 cm³/mol. The largest absolute Gasteiger partial charge is 0.379 e. The summed E-state index contributed by atoms with van der Waals surface area (Å²) in [6.07, 6.45) is 0.598. The minimum absolute atomic E-state index is 0.256. The third-order valence-electron chi connectivity index (χ3n) is 3.78. The summed E-state index contributed by atoms with van der Waals surface area (Å²) in [4.78, 5) is 2.26. The fourth-order valence-corrected chi connectivity index (χ4v) is 2.51. The fraction of sp³-hybridized carbons (Fsp3) is 0.571. The Kier molecular flexibility index (Phi) is 4.50. The lowest BCUT2D eigenvalue weighted by Crippen LogP contribution is -2.56. The van der Waals surface area contributed by atoms with Gasteiger partial charge in [-0.05, 0) is 31.0 Å². The highest BCUT2D eigenvalue weighted by Gasteiger charge is 2.32. The number of ether oxygens (including phenoxy) is 1. The lowest BCUT2D eigenvalue weighted by atomic mass is 9.90. The maximum Gasteiger partial charge on any atom is 0.159 e. The first-order valence-corrected chi connectivity index (χ1v) is 6.52. The number of halogens is 2. The number of rotatable bonds is 4. The van der Waals surface area contributed by atoms with Gasteiger partial charge in [0.2, 0.25) is 0 Å². The summed E-state index contributed by atoms with van der Waals surface area (Å²) in [5.41, 5.74) is 6.41. The van der Waals surface area contributed by atoms with E-state index in [1.807, 2.05) is 0 Å².